The number of ether oxygens (including phenoxy) is 1. The molecule has 0 radical (unpaired) electrons. The standard InChI is InChI=1S/C54H101NO5/c1-3-5-7-9-11-13-15-17-19-21-23-25-27-32-36-40-44-48-54(59)60-49-45-41-37-33-29-28-31-35-39-43-47-53(58)55-51(50-56)52(57)46-42-38-34-30-26-24-22-20-18-16-14-12-10-8-6-4-2/h17,19,29,33,42,46,51-52,56-57H,3-16,18,20-28,30-32,34-41,43-45,47-50H2,1-2H3,(H,55,58)/b19-17-,33-29-,46-42+. The molecule has 3 N–H and O–H groups in total. The van der Waals surface area contributed by atoms with E-state index < -0.39 is 12.1 Å². The summed E-state index contributed by atoms with van der Waals surface area (Å²) in [5, 5.41) is 23.0. The summed E-state index contributed by atoms with van der Waals surface area (Å²) in [6.45, 7) is 4.81. The predicted octanol–water partition coefficient (Wildman–Crippen LogP) is 15.7. The number of carbonyl (C=O) groups is 2. The summed E-state index contributed by atoms with van der Waals surface area (Å²) in [5.41, 5.74) is 0. The van der Waals surface area contributed by atoms with Crippen molar-refractivity contribution in [3.8, 4) is 0 Å². The zero-order chi connectivity index (χ0) is 43.7. The number of hydrogen-bond donors (Lipinski definition) is 3. The van der Waals surface area contributed by atoms with Gasteiger partial charge >= 0.3 is 5.97 Å². The van der Waals surface area contributed by atoms with Gasteiger partial charge in [0.1, 0.15) is 0 Å². The van der Waals surface area contributed by atoms with E-state index in [1.54, 1.807) is 6.08 Å². The number of hydrogen-bond acceptors (Lipinski definition) is 5. The Bertz CT molecular complexity index is 977. The molecule has 0 aliphatic carbocycles. The van der Waals surface area contributed by atoms with Crippen LogP contribution in [0.5, 0.6) is 0 Å². The van der Waals surface area contributed by atoms with Crippen molar-refractivity contribution in [1.29, 1.82) is 0 Å². The van der Waals surface area contributed by atoms with E-state index >= 15 is 0 Å². The molecule has 0 aliphatic rings. The molecule has 0 spiro atoms. The highest BCUT2D eigenvalue weighted by molar-refractivity contribution is 5.76. The van der Waals surface area contributed by atoms with Crippen LogP contribution >= 0.6 is 0 Å². The Labute approximate surface area is 373 Å². The number of unbranched alkanes of at least 4 members (excludes halogenated alkanes) is 33. The lowest BCUT2D eigenvalue weighted by molar-refractivity contribution is -0.143. The fourth-order valence-electron chi connectivity index (χ4n) is 7.80. The summed E-state index contributed by atoms with van der Waals surface area (Å²) < 4.78 is 5.44. The molecule has 0 bridgehead atoms. The van der Waals surface area contributed by atoms with Crippen LogP contribution < -0.4 is 5.32 Å². The number of aliphatic hydroxyl groups is 2. The van der Waals surface area contributed by atoms with Gasteiger partial charge in [-0.3, -0.25) is 9.59 Å². The molecule has 60 heavy (non-hydrogen) atoms. The number of amides is 1. The van der Waals surface area contributed by atoms with Crippen LogP contribution in [0.3, 0.4) is 0 Å². The third-order valence-electron chi connectivity index (χ3n) is 11.9. The monoisotopic (exact) mass is 844 g/mol. The minimum atomic E-state index is -0.866. The first-order valence-electron chi connectivity index (χ1n) is 26.3. The molecule has 1 amide bonds. The van der Waals surface area contributed by atoms with Crippen LogP contribution in [0.4, 0.5) is 0 Å². The van der Waals surface area contributed by atoms with Gasteiger partial charge in [-0.25, -0.2) is 0 Å². The smallest absolute Gasteiger partial charge is 0.305 e. The molecule has 0 rings (SSSR count). The minimum Gasteiger partial charge on any atom is -0.466 e. The zero-order valence-electron chi connectivity index (χ0n) is 39.9. The largest absolute Gasteiger partial charge is 0.466 e. The summed E-state index contributed by atoms with van der Waals surface area (Å²) in [4.78, 5) is 24.5. The molecule has 0 aromatic carbocycles. The van der Waals surface area contributed by atoms with Crippen molar-refractivity contribution >= 4 is 11.9 Å². The Balaban J connectivity index is 3.56. The molecule has 352 valence electrons. The average Bonchev–Trinajstić information content (AvgIpc) is 3.25. The molecule has 0 saturated heterocycles. The molecule has 0 saturated carbocycles. The van der Waals surface area contributed by atoms with Crippen molar-refractivity contribution < 1.29 is 24.5 Å². The molecule has 6 heteroatoms. The van der Waals surface area contributed by atoms with Crippen LogP contribution in [0.25, 0.3) is 0 Å². The van der Waals surface area contributed by atoms with Gasteiger partial charge in [0.25, 0.3) is 0 Å². The Morgan fingerprint density at radius 2 is 0.783 bits per heavy atom. The van der Waals surface area contributed by atoms with Crippen molar-refractivity contribution in [2.45, 2.75) is 283 Å². The summed E-state index contributed by atoms with van der Waals surface area (Å²) >= 11 is 0. The van der Waals surface area contributed by atoms with Gasteiger partial charge < -0.3 is 20.3 Å². The number of nitrogens with one attached hydrogen (secondary N) is 1. The Morgan fingerprint density at radius 1 is 0.450 bits per heavy atom. The molecular weight excluding hydrogens is 743 g/mol. The van der Waals surface area contributed by atoms with Gasteiger partial charge in [0, 0.05) is 12.8 Å². The highest BCUT2D eigenvalue weighted by atomic mass is 16.5. The Kier molecular flexibility index (Phi) is 48.1. The topological polar surface area (TPSA) is 95.9 Å². The Hall–Kier alpha value is -1.92. The van der Waals surface area contributed by atoms with E-state index in [4.69, 9.17) is 4.74 Å². The third kappa shape index (κ3) is 45.6. The predicted molar refractivity (Wildman–Crippen MR) is 259 cm³/mol. The second-order valence-electron chi connectivity index (χ2n) is 17.8. The SMILES string of the molecule is CCCCCCCC/C=C\CCCCCCCCCC(=O)OCCCC/C=C\CCCCCCC(=O)NC(CO)C(O)/C=C/CCCCCCCCCCCCCCCC. The van der Waals surface area contributed by atoms with Gasteiger partial charge in [0.2, 0.25) is 5.91 Å². The number of allylic oxidation sites excluding steroid dienone is 5. The first kappa shape index (κ1) is 58.1. The molecule has 2 unspecified atom stereocenters. The lowest BCUT2D eigenvalue weighted by Gasteiger charge is -2.20. The summed E-state index contributed by atoms with van der Waals surface area (Å²) in [7, 11) is 0. The highest BCUT2D eigenvalue weighted by Gasteiger charge is 2.18. The molecule has 0 aromatic heterocycles. The minimum absolute atomic E-state index is 0.0422. The second kappa shape index (κ2) is 49.7. The molecular formula is C54H101NO5. The zero-order valence-corrected chi connectivity index (χ0v) is 39.9. The highest BCUT2D eigenvalue weighted by Crippen LogP contribution is 2.15. The maximum absolute atomic E-state index is 12.4. The Morgan fingerprint density at radius 3 is 1.18 bits per heavy atom. The number of esters is 1. The van der Waals surface area contributed by atoms with Gasteiger partial charge in [0.05, 0.1) is 25.4 Å². The lowest BCUT2D eigenvalue weighted by atomic mass is 10.0. The van der Waals surface area contributed by atoms with Gasteiger partial charge in [-0.15, -0.1) is 0 Å². The molecule has 0 aromatic rings. The van der Waals surface area contributed by atoms with Gasteiger partial charge in [-0.2, -0.15) is 0 Å². The first-order chi connectivity index (χ1) is 29.5. The lowest BCUT2D eigenvalue weighted by Crippen LogP contribution is -2.45. The van der Waals surface area contributed by atoms with Crippen LogP contribution in [0.15, 0.2) is 36.5 Å². The van der Waals surface area contributed by atoms with E-state index in [0.29, 0.717) is 19.4 Å². The summed E-state index contributed by atoms with van der Waals surface area (Å²) in [5.74, 6) is -0.146. The van der Waals surface area contributed by atoms with Crippen LogP contribution in [0.1, 0.15) is 271 Å². The maximum atomic E-state index is 12.4. The van der Waals surface area contributed by atoms with E-state index in [1.807, 2.05) is 6.08 Å². The van der Waals surface area contributed by atoms with Crippen molar-refractivity contribution in [3.63, 3.8) is 0 Å². The average molecular weight is 844 g/mol. The van der Waals surface area contributed by atoms with Crippen molar-refractivity contribution in [1.82, 2.24) is 5.32 Å². The number of rotatable bonds is 48. The van der Waals surface area contributed by atoms with Crippen LogP contribution in [-0.2, 0) is 14.3 Å². The summed E-state index contributed by atoms with van der Waals surface area (Å²) in [6, 6.07) is -0.653. The molecule has 2 atom stereocenters. The fraction of sp³-hybridized carbons (Fsp3) is 0.852. The normalized spacial score (nSPS) is 12.9. The molecule has 0 fully saturated rings. The fourth-order valence-corrected chi connectivity index (χ4v) is 7.80. The van der Waals surface area contributed by atoms with Gasteiger partial charge in [-0.05, 0) is 83.5 Å². The number of aliphatic hydroxyl groups excluding tert-OH is 2. The van der Waals surface area contributed by atoms with E-state index in [9.17, 15) is 19.8 Å². The van der Waals surface area contributed by atoms with Crippen molar-refractivity contribution in [3.05, 3.63) is 36.5 Å². The quantitative estimate of drug-likeness (QED) is 0.0322. The maximum Gasteiger partial charge on any atom is 0.305 e. The van der Waals surface area contributed by atoms with Crippen LogP contribution in [-0.4, -0.2) is 47.4 Å². The number of carbonyl (C=O) groups excluding carboxylic acids is 2. The van der Waals surface area contributed by atoms with Crippen molar-refractivity contribution in [2.75, 3.05) is 13.2 Å². The van der Waals surface area contributed by atoms with Gasteiger partial charge in [-0.1, -0.05) is 211 Å². The first-order valence-corrected chi connectivity index (χ1v) is 26.3. The van der Waals surface area contributed by atoms with E-state index in [2.05, 4.69) is 43.5 Å². The molecule has 0 heterocycles. The van der Waals surface area contributed by atoms with Crippen LogP contribution in [0, 0.1) is 0 Å². The van der Waals surface area contributed by atoms with E-state index in [1.165, 1.54) is 167 Å². The summed E-state index contributed by atoms with van der Waals surface area (Å²) in [6.07, 6.45) is 60.0. The second-order valence-corrected chi connectivity index (χ2v) is 17.8. The molecule has 6 nitrogen and oxygen atoms in total. The van der Waals surface area contributed by atoms with Gasteiger partial charge in [0.15, 0.2) is 0 Å². The third-order valence-corrected chi connectivity index (χ3v) is 11.9. The molecule has 0 aliphatic heterocycles. The van der Waals surface area contributed by atoms with E-state index in [-0.39, 0.29) is 18.5 Å². The van der Waals surface area contributed by atoms with E-state index in [0.717, 1.165) is 77.0 Å². The van der Waals surface area contributed by atoms with Crippen molar-refractivity contribution in [2.24, 2.45) is 0 Å². The van der Waals surface area contributed by atoms with Crippen LogP contribution in [0.2, 0.25) is 0 Å².